The lowest BCUT2D eigenvalue weighted by Gasteiger charge is -2.32. The van der Waals surface area contributed by atoms with Crippen molar-refractivity contribution >= 4 is 39.1 Å². The maximum atomic E-state index is 13.9. The second-order valence-corrected chi connectivity index (χ2v) is 11.3. The molecule has 7 nitrogen and oxygen atoms in total. The predicted molar refractivity (Wildman–Crippen MR) is 147 cm³/mol. The van der Waals surface area contributed by atoms with Gasteiger partial charge in [0.1, 0.15) is 12.6 Å². The van der Waals surface area contributed by atoms with E-state index < -0.39 is 28.5 Å². The Bertz CT molecular complexity index is 1370. The summed E-state index contributed by atoms with van der Waals surface area (Å²) in [6, 6.07) is 18.0. The van der Waals surface area contributed by atoms with Gasteiger partial charge < -0.3 is 10.2 Å². The molecule has 0 unspecified atom stereocenters. The fourth-order valence-electron chi connectivity index (χ4n) is 4.06. The van der Waals surface area contributed by atoms with Crippen molar-refractivity contribution in [1.82, 2.24) is 10.2 Å². The van der Waals surface area contributed by atoms with Crippen LogP contribution >= 0.6 is 11.6 Å². The summed E-state index contributed by atoms with van der Waals surface area (Å²) in [5.74, 6) is -0.911. The summed E-state index contributed by atoms with van der Waals surface area (Å²) < 4.78 is 28.8. The second-order valence-electron chi connectivity index (χ2n) is 9.07. The molecule has 9 heteroatoms. The van der Waals surface area contributed by atoms with Crippen molar-refractivity contribution in [1.29, 1.82) is 0 Å². The van der Waals surface area contributed by atoms with Crippen molar-refractivity contribution < 1.29 is 18.0 Å². The number of nitrogens with zero attached hydrogens (tertiary/aromatic N) is 2. The Morgan fingerprint density at radius 3 is 2.08 bits per heavy atom. The minimum Gasteiger partial charge on any atom is -0.357 e. The van der Waals surface area contributed by atoms with E-state index >= 15 is 0 Å². The molecule has 0 aliphatic carbocycles. The molecule has 37 heavy (non-hydrogen) atoms. The molecule has 0 saturated carbocycles. The maximum absolute atomic E-state index is 13.9. The minimum absolute atomic E-state index is 0.0400. The van der Waals surface area contributed by atoms with Crippen LogP contribution in [0.4, 0.5) is 5.69 Å². The van der Waals surface area contributed by atoms with E-state index in [4.69, 9.17) is 11.6 Å². The molecular weight excluding hydrogens is 510 g/mol. The van der Waals surface area contributed by atoms with E-state index in [9.17, 15) is 18.0 Å². The third-order valence-corrected chi connectivity index (χ3v) is 8.25. The molecule has 1 N–H and O–H groups in total. The van der Waals surface area contributed by atoms with Crippen molar-refractivity contribution in [3.05, 3.63) is 94.0 Å². The molecule has 0 aliphatic rings. The topological polar surface area (TPSA) is 86.8 Å². The van der Waals surface area contributed by atoms with Gasteiger partial charge in [0.2, 0.25) is 11.8 Å². The molecule has 3 aromatic carbocycles. The third kappa shape index (κ3) is 6.70. The van der Waals surface area contributed by atoms with Gasteiger partial charge in [-0.1, -0.05) is 53.6 Å². The largest absolute Gasteiger partial charge is 0.357 e. The lowest BCUT2D eigenvalue weighted by Crippen LogP contribution is -2.50. The summed E-state index contributed by atoms with van der Waals surface area (Å²) >= 11 is 6.35. The molecule has 2 amide bonds. The number of aryl methyl sites for hydroxylation is 3. The fourth-order valence-corrected chi connectivity index (χ4v) is 5.66. The zero-order chi connectivity index (χ0) is 27.3. The monoisotopic (exact) mass is 541 g/mol. The van der Waals surface area contributed by atoms with Crippen LogP contribution in [-0.2, 0) is 26.2 Å². The lowest BCUT2D eigenvalue weighted by molar-refractivity contribution is -0.139. The number of carbonyl (C=O) groups is 2. The van der Waals surface area contributed by atoms with Crippen LogP contribution in [-0.4, -0.2) is 44.8 Å². The Hall–Kier alpha value is -3.36. The van der Waals surface area contributed by atoms with Gasteiger partial charge in [0.15, 0.2) is 0 Å². The summed E-state index contributed by atoms with van der Waals surface area (Å²) in [7, 11) is -2.62. The van der Waals surface area contributed by atoms with Crippen molar-refractivity contribution in [3.63, 3.8) is 0 Å². The molecule has 1 atom stereocenters. The number of benzene rings is 3. The van der Waals surface area contributed by atoms with E-state index in [0.29, 0.717) is 16.3 Å². The molecule has 0 radical (unpaired) electrons. The first-order chi connectivity index (χ1) is 17.4. The first-order valence-electron chi connectivity index (χ1n) is 11.9. The van der Waals surface area contributed by atoms with Crippen LogP contribution in [0.25, 0.3) is 0 Å². The molecule has 0 aliphatic heterocycles. The number of halogens is 1. The molecule has 0 fully saturated rings. The van der Waals surface area contributed by atoms with E-state index in [1.165, 1.54) is 24.1 Å². The van der Waals surface area contributed by atoms with Gasteiger partial charge in [0.25, 0.3) is 10.0 Å². The Morgan fingerprint density at radius 2 is 1.51 bits per heavy atom. The van der Waals surface area contributed by atoms with Gasteiger partial charge in [-0.25, -0.2) is 8.42 Å². The summed E-state index contributed by atoms with van der Waals surface area (Å²) in [4.78, 5) is 27.8. The summed E-state index contributed by atoms with van der Waals surface area (Å²) in [6.45, 7) is 6.75. The van der Waals surface area contributed by atoms with Gasteiger partial charge >= 0.3 is 0 Å². The van der Waals surface area contributed by atoms with Gasteiger partial charge in [0.05, 0.1) is 10.6 Å². The Labute approximate surface area is 224 Å². The molecule has 0 spiro atoms. The fraction of sp³-hybridized carbons (Fsp3) is 0.286. The molecule has 3 rings (SSSR count). The first-order valence-corrected chi connectivity index (χ1v) is 13.7. The lowest BCUT2D eigenvalue weighted by atomic mass is 10.1. The summed E-state index contributed by atoms with van der Waals surface area (Å²) in [6.07, 6.45) is 0. The normalized spacial score (nSPS) is 12.1. The van der Waals surface area contributed by atoms with Crippen LogP contribution in [0, 0.1) is 20.8 Å². The highest BCUT2D eigenvalue weighted by Gasteiger charge is 2.32. The SMILES string of the molecule is CNC(=O)[C@@H](C)N(Cc1ccccc1Cl)C(=O)CN(c1cc(C)cc(C)c1)S(=O)(=O)c1ccc(C)cc1. The number of likely N-dealkylation sites (N-methyl/N-ethyl adjacent to an activating group) is 1. The van der Waals surface area contributed by atoms with Gasteiger partial charge in [0, 0.05) is 18.6 Å². The second kappa shape index (κ2) is 11.8. The van der Waals surface area contributed by atoms with Crippen LogP contribution in [0.15, 0.2) is 71.6 Å². The van der Waals surface area contributed by atoms with E-state index in [1.54, 1.807) is 55.5 Å². The molecule has 3 aromatic rings. The van der Waals surface area contributed by atoms with Crippen LogP contribution in [0.1, 0.15) is 29.2 Å². The Kier molecular flexibility index (Phi) is 8.99. The first kappa shape index (κ1) is 28.2. The highest BCUT2D eigenvalue weighted by Crippen LogP contribution is 2.27. The van der Waals surface area contributed by atoms with E-state index in [0.717, 1.165) is 21.0 Å². The van der Waals surface area contributed by atoms with Crippen molar-refractivity contribution in [2.45, 2.75) is 45.2 Å². The smallest absolute Gasteiger partial charge is 0.264 e. The maximum Gasteiger partial charge on any atom is 0.264 e. The molecule has 0 heterocycles. The minimum atomic E-state index is -4.11. The van der Waals surface area contributed by atoms with E-state index in [-0.39, 0.29) is 17.3 Å². The Morgan fingerprint density at radius 1 is 0.919 bits per heavy atom. The zero-order valence-corrected chi connectivity index (χ0v) is 23.2. The number of amides is 2. The highest BCUT2D eigenvalue weighted by atomic mass is 35.5. The number of hydrogen-bond acceptors (Lipinski definition) is 4. The van der Waals surface area contributed by atoms with Crippen LogP contribution in [0.5, 0.6) is 0 Å². The molecular formula is C28H32ClN3O4S. The Balaban J connectivity index is 2.08. The molecule has 196 valence electrons. The summed E-state index contributed by atoms with van der Waals surface area (Å²) in [5, 5.41) is 3.01. The van der Waals surface area contributed by atoms with Gasteiger partial charge in [-0.3, -0.25) is 13.9 Å². The molecule has 0 bridgehead atoms. The van der Waals surface area contributed by atoms with Gasteiger partial charge in [-0.15, -0.1) is 0 Å². The number of anilines is 1. The van der Waals surface area contributed by atoms with Crippen molar-refractivity contribution in [2.24, 2.45) is 0 Å². The van der Waals surface area contributed by atoms with Gasteiger partial charge in [-0.2, -0.15) is 0 Å². The van der Waals surface area contributed by atoms with E-state index in [1.807, 2.05) is 26.8 Å². The number of sulfonamides is 1. The van der Waals surface area contributed by atoms with Crippen LogP contribution in [0.2, 0.25) is 5.02 Å². The number of carbonyl (C=O) groups excluding carboxylic acids is 2. The van der Waals surface area contributed by atoms with Crippen LogP contribution < -0.4 is 9.62 Å². The molecule has 0 saturated heterocycles. The number of nitrogens with one attached hydrogen (secondary N) is 1. The average Bonchev–Trinajstić information content (AvgIpc) is 2.85. The van der Waals surface area contributed by atoms with Crippen molar-refractivity contribution in [2.75, 3.05) is 17.9 Å². The molecule has 0 aromatic heterocycles. The predicted octanol–water partition coefficient (Wildman–Crippen LogP) is 4.62. The van der Waals surface area contributed by atoms with E-state index in [2.05, 4.69) is 5.32 Å². The van der Waals surface area contributed by atoms with Gasteiger partial charge in [-0.05, 0) is 74.7 Å². The standard InChI is InChI=1S/C28H32ClN3O4S/c1-19-10-12-25(13-11-19)37(35,36)32(24-15-20(2)14-21(3)16-24)18-27(33)31(22(4)28(34)30-5)17-23-8-6-7-9-26(23)29/h6-16,22H,17-18H2,1-5H3,(H,30,34)/t22-/m1/s1. The highest BCUT2D eigenvalue weighted by molar-refractivity contribution is 7.92. The quantitative estimate of drug-likeness (QED) is 0.428. The summed E-state index contributed by atoms with van der Waals surface area (Å²) in [5.41, 5.74) is 3.65. The van der Waals surface area contributed by atoms with Crippen molar-refractivity contribution in [3.8, 4) is 0 Å². The number of rotatable bonds is 9. The number of hydrogen-bond donors (Lipinski definition) is 1. The zero-order valence-electron chi connectivity index (χ0n) is 21.7. The van der Waals surface area contributed by atoms with Crippen LogP contribution in [0.3, 0.4) is 0 Å². The third-order valence-electron chi connectivity index (χ3n) is 6.09. The average molecular weight is 542 g/mol.